The number of hydrogen-bond donors (Lipinski definition) is 6. The highest BCUT2D eigenvalue weighted by atomic mass is 16.4. The number of nitrogens with one attached hydrogen (secondary N) is 2. The van der Waals surface area contributed by atoms with Crippen molar-refractivity contribution in [3.8, 4) is 0 Å². The molecule has 0 heterocycles. The monoisotopic (exact) mass is 332 g/mol. The molecule has 0 radical (unpaired) electrons. The van der Waals surface area contributed by atoms with E-state index in [1.54, 1.807) is 13.8 Å². The molecule has 0 aromatic rings. The summed E-state index contributed by atoms with van der Waals surface area (Å²) in [6.45, 7) is 2.47. The fourth-order valence-electron chi connectivity index (χ4n) is 1.67. The highest BCUT2D eigenvalue weighted by Gasteiger charge is 2.29. The zero-order valence-corrected chi connectivity index (χ0v) is 13.1. The number of carboxylic acid groups (broad SMARTS) is 1. The lowest BCUT2D eigenvalue weighted by Crippen LogP contribution is -2.56. The van der Waals surface area contributed by atoms with E-state index in [2.05, 4.69) is 10.6 Å². The van der Waals surface area contributed by atoms with Crippen molar-refractivity contribution in [2.45, 2.75) is 44.8 Å². The van der Waals surface area contributed by atoms with Crippen LogP contribution in [0.4, 0.5) is 0 Å². The number of amides is 3. The number of carboxylic acids is 1. The van der Waals surface area contributed by atoms with E-state index in [0.29, 0.717) is 0 Å². The van der Waals surface area contributed by atoms with Gasteiger partial charge in [0.15, 0.2) is 0 Å². The van der Waals surface area contributed by atoms with Crippen molar-refractivity contribution in [3.05, 3.63) is 0 Å². The number of rotatable bonds is 10. The third-order valence-electron chi connectivity index (χ3n) is 3.08. The molecule has 10 heteroatoms. The standard InChI is InChI=1S/C13H24N4O6/c1-6(2)10(13(22)23)17-12(21)8(5-18)16-11(20)7(14)3-4-9(15)19/h6-8,10,18H,3-5,14H2,1-2H3,(H2,15,19)(H,16,20)(H,17,21)(H,22,23)/t7-,8-,10-/m0/s1. The van der Waals surface area contributed by atoms with Crippen LogP contribution in [-0.4, -0.2) is 58.6 Å². The van der Waals surface area contributed by atoms with Crippen molar-refractivity contribution < 1.29 is 29.4 Å². The van der Waals surface area contributed by atoms with Gasteiger partial charge in [0.2, 0.25) is 17.7 Å². The van der Waals surface area contributed by atoms with Gasteiger partial charge in [-0.05, 0) is 12.3 Å². The van der Waals surface area contributed by atoms with Crippen LogP contribution in [0.3, 0.4) is 0 Å². The van der Waals surface area contributed by atoms with E-state index < -0.39 is 48.4 Å². The summed E-state index contributed by atoms with van der Waals surface area (Å²) in [7, 11) is 0. The van der Waals surface area contributed by atoms with Crippen LogP contribution < -0.4 is 22.1 Å². The van der Waals surface area contributed by atoms with Gasteiger partial charge in [0.1, 0.15) is 12.1 Å². The van der Waals surface area contributed by atoms with E-state index in [4.69, 9.17) is 16.6 Å². The minimum Gasteiger partial charge on any atom is -0.480 e. The van der Waals surface area contributed by atoms with E-state index >= 15 is 0 Å². The van der Waals surface area contributed by atoms with E-state index in [1.807, 2.05) is 0 Å². The summed E-state index contributed by atoms with van der Waals surface area (Å²) in [4.78, 5) is 45.4. The molecule has 3 atom stereocenters. The Labute approximate surface area is 133 Å². The average molecular weight is 332 g/mol. The number of aliphatic hydroxyl groups excluding tert-OH is 1. The first-order valence-corrected chi connectivity index (χ1v) is 7.08. The van der Waals surface area contributed by atoms with Crippen LogP contribution in [0, 0.1) is 5.92 Å². The number of carbonyl (C=O) groups is 4. The molecular formula is C13H24N4O6. The van der Waals surface area contributed by atoms with Gasteiger partial charge in [-0.25, -0.2) is 4.79 Å². The minimum absolute atomic E-state index is 0.00925. The molecule has 0 bridgehead atoms. The van der Waals surface area contributed by atoms with Crippen LogP contribution in [-0.2, 0) is 19.2 Å². The average Bonchev–Trinajstić information content (AvgIpc) is 2.46. The summed E-state index contributed by atoms with van der Waals surface area (Å²) in [5.74, 6) is -3.83. The smallest absolute Gasteiger partial charge is 0.326 e. The van der Waals surface area contributed by atoms with Gasteiger partial charge >= 0.3 is 5.97 Å². The largest absolute Gasteiger partial charge is 0.480 e. The van der Waals surface area contributed by atoms with Crippen LogP contribution >= 0.6 is 0 Å². The summed E-state index contributed by atoms with van der Waals surface area (Å²) >= 11 is 0. The Bertz CT molecular complexity index is 454. The Balaban J connectivity index is 4.69. The molecule has 132 valence electrons. The number of hydrogen-bond acceptors (Lipinski definition) is 6. The Kier molecular flexibility index (Phi) is 8.81. The van der Waals surface area contributed by atoms with Crippen LogP contribution in [0.2, 0.25) is 0 Å². The summed E-state index contributed by atoms with van der Waals surface area (Å²) in [5, 5.41) is 22.6. The lowest BCUT2D eigenvalue weighted by molar-refractivity contribution is -0.143. The lowest BCUT2D eigenvalue weighted by atomic mass is 10.0. The second-order valence-corrected chi connectivity index (χ2v) is 5.42. The van der Waals surface area contributed by atoms with E-state index in [9.17, 15) is 24.3 Å². The van der Waals surface area contributed by atoms with Gasteiger partial charge in [0.25, 0.3) is 0 Å². The summed E-state index contributed by atoms with van der Waals surface area (Å²) in [6.07, 6.45) is -0.107. The van der Waals surface area contributed by atoms with Crippen molar-refractivity contribution in [2.24, 2.45) is 17.4 Å². The molecule has 0 aliphatic rings. The van der Waals surface area contributed by atoms with Crippen LogP contribution in [0.15, 0.2) is 0 Å². The number of primary amides is 1. The second-order valence-electron chi connectivity index (χ2n) is 5.42. The Morgan fingerprint density at radius 3 is 2.04 bits per heavy atom. The number of carbonyl (C=O) groups excluding carboxylic acids is 3. The number of nitrogens with two attached hydrogens (primary N) is 2. The van der Waals surface area contributed by atoms with Crippen molar-refractivity contribution in [1.29, 1.82) is 0 Å². The van der Waals surface area contributed by atoms with Crippen molar-refractivity contribution in [3.63, 3.8) is 0 Å². The van der Waals surface area contributed by atoms with E-state index in [-0.39, 0.29) is 18.8 Å². The molecule has 0 spiro atoms. The van der Waals surface area contributed by atoms with Gasteiger partial charge in [-0.3, -0.25) is 14.4 Å². The summed E-state index contributed by atoms with van der Waals surface area (Å²) in [6, 6.07) is -3.58. The fraction of sp³-hybridized carbons (Fsp3) is 0.692. The highest BCUT2D eigenvalue weighted by molar-refractivity contribution is 5.92. The molecule has 8 N–H and O–H groups in total. The van der Waals surface area contributed by atoms with Gasteiger partial charge < -0.3 is 32.3 Å². The molecule has 0 aromatic carbocycles. The highest BCUT2D eigenvalue weighted by Crippen LogP contribution is 2.02. The van der Waals surface area contributed by atoms with E-state index in [0.717, 1.165) is 0 Å². The zero-order valence-electron chi connectivity index (χ0n) is 13.1. The molecule has 0 aliphatic heterocycles. The normalized spacial score (nSPS) is 14.7. The van der Waals surface area contributed by atoms with Gasteiger partial charge in [0.05, 0.1) is 12.6 Å². The predicted octanol–water partition coefficient (Wildman–Crippen LogP) is -2.72. The maximum Gasteiger partial charge on any atom is 0.326 e. The molecular weight excluding hydrogens is 308 g/mol. The van der Waals surface area contributed by atoms with Crippen LogP contribution in [0.1, 0.15) is 26.7 Å². The molecule has 3 amide bonds. The van der Waals surface area contributed by atoms with Crippen LogP contribution in [0.5, 0.6) is 0 Å². The maximum atomic E-state index is 12.0. The first-order valence-electron chi connectivity index (χ1n) is 7.08. The summed E-state index contributed by atoms with van der Waals surface area (Å²) < 4.78 is 0. The van der Waals surface area contributed by atoms with Crippen LogP contribution in [0.25, 0.3) is 0 Å². The molecule has 0 unspecified atom stereocenters. The third kappa shape index (κ3) is 7.56. The molecule has 0 fully saturated rings. The van der Waals surface area contributed by atoms with E-state index in [1.165, 1.54) is 0 Å². The molecule has 10 nitrogen and oxygen atoms in total. The molecule has 0 saturated carbocycles. The Hall–Kier alpha value is -2.20. The predicted molar refractivity (Wildman–Crippen MR) is 79.8 cm³/mol. The van der Waals surface area contributed by atoms with Crippen molar-refractivity contribution in [2.75, 3.05) is 6.61 Å². The molecule has 0 aromatic heterocycles. The Morgan fingerprint density at radius 1 is 1.09 bits per heavy atom. The third-order valence-corrected chi connectivity index (χ3v) is 3.08. The number of aliphatic hydroxyl groups is 1. The molecule has 0 saturated heterocycles. The zero-order chi connectivity index (χ0) is 18.2. The molecule has 23 heavy (non-hydrogen) atoms. The van der Waals surface area contributed by atoms with Gasteiger partial charge in [0, 0.05) is 6.42 Å². The molecule has 0 rings (SSSR count). The van der Waals surface area contributed by atoms with Crippen molar-refractivity contribution >= 4 is 23.7 Å². The first kappa shape index (κ1) is 20.8. The quantitative estimate of drug-likeness (QED) is 0.251. The minimum atomic E-state index is -1.34. The Morgan fingerprint density at radius 2 is 1.65 bits per heavy atom. The van der Waals surface area contributed by atoms with Gasteiger partial charge in [-0.2, -0.15) is 0 Å². The topological polar surface area (TPSA) is 185 Å². The summed E-state index contributed by atoms with van der Waals surface area (Å²) in [5.41, 5.74) is 10.5. The lowest BCUT2D eigenvalue weighted by Gasteiger charge is -2.23. The van der Waals surface area contributed by atoms with Crippen molar-refractivity contribution in [1.82, 2.24) is 10.6 Å². The number of aliphatic carboxylic acids is 1. The van der Waals surface area contributed by atoms with Gasteiger partial charge in [-0.1, -0.05) is 13.8 Å². The molecule has 0 aliphatic carbocycles. The second kappa shape index (κ2) is 9.74. The first-order chi connectivity index (χ1) is 10.6. The maximum absolute atomic E-state index is 12.0. The fourth-order valence-corrected chi connectivity index (χ4v) is 1.67. The van der Waals surface area contributed by atoms with Gasteiger partial charge in [-0.15, -0.1) is 0 Å². The SMILES string of the molecule is CC(C)[C@H](NC(=O)[C@H](CO)NC(=O)[C@@H](N)CCC(N)=O)C(=O)O.